The smallest absolute Gasteiger partial charge is 0.220 e. The lowest BCUT2D eigenvalue weighted by Crippen LogP contribution is -2.37. The molecule has 0 radical (unpaired) electrons. The molecule has 1 aromatic heterocycles. The molecule has 0 aliphatic carbocycles. The second-order valence-corrected chi connectivity index (χ2v) is 4.43. The summed E-state index contributed by atoms with van der Waals surface area (Å²) in [6.45, 7) is 4.75. The van der Waals surface area contributed by atoms with Crippen LogP contribution in [0.3, 0.4) is 0 Å². The van der Waals surface area contributed by atoms with E-state index < -0.39 is 0 Å². The highest BCUT2D eigenvalue weighted by Crippen LogP contribution is 2.15. The molecule has 19 heavy (non-hydrogen) atoms. The summed E-state index contributed by atoms with van der Waals surface area (Å²) in [5.74, 6) is 1.87. The van der Waals surface area contributed by atoms with Crippen LogP contribution in [0.4, 0.5) is 0 Å². The minimum Gasteiger partial charge on any atom is -0.481 e. The SMILES string of the molecule is COc1cc(OC)nc(CCCN2CCOCC2)n1. The first-order valence-corrected chi connectivity index (χ1v) is 6.58. The van der Waals surface area contributed by atoms with Crippen LogP contribution >= 0.6 is 0 Å². The highest BCUT2D eigenvalue weighted by molar-refractivity contribution is 5.20. The van der Waals surface area contributed by atoms with Crippen molar-refractivity contribution in [3.05, 3.63) is 11.9 Å². The Morgan fingerprint density at radius 2 is 1.79 bits per heavy atom. The first kappa shape index (κ1) is 14.0. The fourth-order valence-corrected chi connectivity index (χ4v) is 2.06. The average molecular weight is 267 g/mol. The molecule has 0 spiro atoms. The Hall–Kier alpha value is -1.40. The van der Waals surface area contributed by atoms with Crippen molar-refractivity contribution in [1.82, 2.24) is 14.9 Å². The zero-order valence-electron chi connectivity index (χ0n) is 11.6. The molecule has 0 saturated carbocycles. The summed E-state index contributed by atoms with van der Waals surface area (Å²) >= 11 is 0. The summed E-state index contributed by atoms with van der Waals surface area (Å²) < 4.78 is 15.6. The van der Waals surface area contributed by atoms with Gasteiger partial charge in [-0.05, 0) is 13.0 Å². The van der Waals surface area contributed by atoms with Crippen molar-refractivity contribution in [2.75, 3.05) is 47.1 Å². The molecule has 2 heterocycles. The van der Waals surface area contributed by atoms with Gasteiger partial charge in [0.1, 0.15) is 5.82 Å². The number of hydrogen-bond acceptors (Lipinski definition) is 6. The molecule has 0 amide bonds. The maximum Gasteiger partial charge on any atom is 0.220 e. The number of nitrogens with zero attached hydrogens (tertiary/aromatic N) is 3. The van der Waals surface area contributed by atoms with E-state index in [0.717, 1.165) is 51.5 Å². The predicted molar refractivity (Wildman–Crippen MR) is 70.7 cm³/mol. The van der Waals surface area contributed by atoms with Crippen molar-refractivity contribution in [2.24, 2.45) is 0 Å². The van der Waals surface area contributed by atoms with Gasteiger partial charge in [0.2, 0.25) is 11.8 Å². The van der Waals surface area contributed by atoms with Crippen molar-refractivity contribution in [2.45, 2.75) is 12.8 Å². The summed E-state index contributed by atoms with van der Waals surface area (Å²) in [7, 11) is 3.19. The topological polar surface area (TPSA) is 56.7 Å². The second-order valence-electron chi connectivity index (χ2n) is 4.43. The summed E-state index contributed by atoms with van der Waals surface area (Å²) in [6.07, 6.45) is 1.85. The van der Waals surface area contributed by atoms with Gasteiger partial charge in [-0.3, -0.25) is 4.90 Å². The van der Waals surface area contributed by atoms with Crippen molar-refractivity contribution < 1.29 is 14.2 Å². The minimum absolute atomic E-state index is 0.549. The lowest BCUT2D eigenvalue weighted by atomic mass is 10.2. The van der Waals surface area contributed by atoms with Gasteiger partial charge in [-0.25, -0.2) is 0 Å². The lowest BCUT2D eigenvalue weighted by Gasteiger charge is -2.26. The normalized spacial score (nSPS) is 16.3. The van der Waals surface area contributed by atoms with Gasteiger partial charge in [0.05, 0.1) is 33.5 Å². The third kappa shape index (κ3) is 4.33. The summed E-state index contributed by atoms with van der Waals surface area (Å²) in [6, 6.07) is 1.69. The molecule has 6 nitrogen and oxygen atoms in total. The minimum atomic E-state index is 0.549. The Bertz CT molecular complexity index is 372. The Balaban J connectivity index is 1.84. The van der Waals surface area contributed by atoms with Crippen LogP contribution in [-0.4, -0.2) is 61.9 Å². The molecule has 6 heteroatoms. The molecule has 1 aliphatic rings. The van der Waals surface area contributed by atoms with Gasteiger partial charge >= 0.3 is 0 Å². The van der Waals surface area contributed by atoms with Crippen LogP contribution in [0.15, 0.2) is 6.07 Å². The van der Waals surface area contributed by atoms with Crippen molar-refractivity contribution in [3.63, 3.8) is 0 Å². The van der Waals surface area contributed by atoms with Crippen molar-refractivity contribution >= 4 is 0 Å². The van der Waals surface area contributed by atoms with E-state index in [-0.39, 0.29) is 0 Å². The van der Waals surface area contributed by atoms with Gasteiger partial charge in [-0.15, -0.1) is 0 Å². The van der Waals surface area contributed by atoms with Crippen LogP contribution in [0, 0.1) is 0 Å². The molecule has 1 saturated heterocycles. The van der Waals surface area contributed by atoms with Crippen molar-refractivity contribution in [3.8, 4) is 11.8 Å². The fraction of sp³-hybridized carbons (Fsp3) is 0.692. The molecule has 0 bridgehead atoms. The number of rotatable bonds is 6. The highest BCUT2D eigenvalue weighted by Gasteiger charge is 2.10. The van der Waals surface area contributed by atoms with E-state index in [2.05, 4.69) is 14.9 Å². The molecule has 0 atom stereocenters. The molecular formula is C13H21N3O3. The molecule has 0 N–H and O–H groups in total. The summed E-state index contributed by atoms with van der Waals surface area (Å²) in [5, 5.41) is 0. The molecule has 0 aromatic carbocycles. The highest BCUT2D eigenvalue weighted by atomic mass is 16.5. The third-order valence-corrected chi connectivity index (χ3v) is 3.12. The van der Waals surface area contributed by atoms with Gasteiger partial charge in [0, 0.05) is 19.5 Å². The number of aryl methyl sites for hydroxylation is 1. The van der Waals surface area contributed by atoms with Gasteiger partial charge in [-0.1, -0.05) is 0 Å². The van der Waals surface area contributed by atoms with Crippen LogP contribution in [0.1, 0.15) is 12.2 Å². The lowest BCUT2D eigenvalue weighted by molar-refractivity contribution is 0.0374. The van der Waals surface area contributed by atoms with E-state index in [1.54, 1.807) is 20.3 Å². The first-order chi connectivity index (χ1) is 9.31. The quantitative estimate of drug-likeness (QED) is 0.758. The Morgan fingerprint density at radius 3 is 2.37 bits per heavy atom. The maximum absolute atomic E-state index is 5.33. The molecule has 2 rings (SSSR count). The summed E-state index contributed by atoms with van der Waals surface area (Å²) in [5.41, 5.74) is 0. The molecule has 1 fully saturated rings. The van der Waals surface area contributed by atoms with Gasteiger partial charge in [-0.2, -0.15) is 9.97 Å². The zero-order chi connectivity index (χ0) is 13.5. The van der Waals surface area contributed by atoms with E-state index in [0.29, 0.717) is 11.8 Å². The van der Waals surface area contributed by atoms with E-state index in [9.17, 15) is 0 Å². The van der Waals surface area contributed by atoms with E-state index >= 15 is 0 Å². The van der Waals surface area contributed by atoms with E-state index in [4.69, 9.17) is 14.2 Å². The summed E-state index contributed by atoms with van der Waals surface area (Å²) in [4.78, 5) is 11.1. The predicted octanol–water partition coefficient (Wildman–Crippen LogP) is 0.759. The van der Waals surface area contributed by atoms with Gasteiger partial charge in [0.15, 0.2) is 0 Å². The maximum atomic E-state index is 5.33. The standard InChI is InChI=1S/C13H21N3O3/c1-17-12-10-13(18-2)15-11(14-12)4-3-5-16-6-8-19-9-7-16/h10H,3-9H2,1-2H3. The van der Waals surface area contributed by atoms with Crippen LogP contribution in [0.2, 0.25) is 0 Å². The van der Waals surface area contributed by atoms with Crippen LogP contribution in [0.25, 0.3) is 0 Å². The Morgan fingerprint density at radius 1 is 1.16 bits per heavy atom. The van der Waals surface area contributed by atoms with Crippen LogP contribution in [0.5, 0.6) is 11.8 Å². The zero-order valence-corrected chi connectivity index (χ0v) is 11.6. The molecule has 106 valence electrons. The molecular weight excluding hydrogens is 246 g/mol. The number of aromatic nitrogens is 2. The average Bonchev–Trinajstić information content (AvgIpc) is 2.48. The molecule has 1 aliphatic heterocycles. The van der Waals surface area contributed by atoms with E-state index in [1.807, 2.05) is 0 Å². The molecule has 1 aromatic rings. The number of hydrogen-bond donors (Lipinski definition) is 0. The van der Waals surface area contributed by atoms with Crippen molar-refractivity contribution in [1.29, 1.82) is 0 Å². The van der Waals surface area contributed by atoms with Crippen LogP contribution < -0.4 is 9.47 Å². The Labute approximate surface area is 113 Å². The number of morpholine rings is 1. The number of ether oxygens (including phenoxy) is 3. The third-order valence-electron chi connectivity index (χ3n) is 3.12. The second kappa shape index (κ2) is 7.25. The fourth-order valence-electron chi connectivity index (χ4n) is 2.06. The Kier molecular flexibility index (Phi) is 5.35. The van der Waals surface area contributed by atoms with E-state index in [1.165, 1.54) is 0 Å². The largest absolute Gasteiger partial charge is 0.481 e. The monoisotopic (exact) mass is 267 g/mol. The van der Waals surface area contributed by atoms with Gasteiger partial charge < -0.3 is 14.2 Å². The van der Waals surface area contributed by atoms with Gasteiger partial charge in [0.25, 0.3) is 0 Å². The first-order valence-electron chi connectivity index (χ1n) is 6.58. The van der Waals surface area contributed by atoms with Crippen LogP contribution in [-0.2, 0) is 11.2 Å². The number of methoxy groups -OCH3 is 2. The molecule has 0 unspecified atom stereocenters.